The molecule has 0 radical (unpaired) electrons. The third-order valence-electron chi connectivity index (χ3n) is 1.29. The Kier molecular flexibility index (Phi) is 3.34. The van der Waals surface area contributed by atoms with Gasteiger partial charge in [-0.15, -0.1) is 11.8 Å². The van der Waals surface area contributed by atoms with E-state index in [0.29, 0.717) is 4.60 Å². The van der Waals surface area contributed by atoms with Gasteiger partial charge in [0, 0.05) is 0 Å². The van der Waals surface area contributed by atoms with Crippen LogP contribution in [-0.2, 0) is 0 Å². The summed E-state index contributed by atoms with van der Waals surface area (Å²) in [4.78, 5) is 4.30. The highest BCUT2D eigenvalue weighted by Crippen LogP contribution is 2.31. The van der Waals surface area contributed by atoms with E-state index in [4.69, 9.17) is 4.74 Å². The Labute approximate surface area is 82.7 Å². The third kappa shape index (κ3) is 1.90. The van der Waals surface area contributed by atoms with Gasteiger partial charge in [-0.25, -0.2) is 4.98 Å². The molecule has 1 heterocycles. The largest absolute Gasteiger partial charge is 0.491 e. The van der Waals surface area contributed by atoms with Crippen molar-refractivity contribution in [2.45, 2.75) is 4.90 Å². The number of hydrogen-bond donors (Lipinski definition) is 0. The van der Waals surface area contributed by atoms with E-state index in [9.17, 15) is 4.39 Å². The molecule has 0 fully saturated rings. The van der Waals surface area contributed by atoms with Gasteiger partial charge in [0.05, 0.1) is 12.0 Å². The number of hydrogen-bond acceptors (Lipinski definition) is 3. The molecule has 12 heavy (non-hydrogen) atoms. The Morgan fingerprint density at radius 3 is 2.83 bits per heavy atom. The molecule has 0 aliphatic rings. The molecule has 0 unspecified atom stereocenters. The highest BCUT2D eigenvalue weighted by Gasteiger charge is 2.10. The van der Waals surface area contributed by atoms with Crippen LogP contribution >= 0.6 is 27.7 Å². The predicted molar refractivity (Wildman–Crippen MR) is 50.2 cm³/mol. The average molecular weight is 252 g/mol. The van der Waals surface area contributed by atoms with E-state index in [1.165, 1.54) is 18.9 Å². The SMILES string of the molecule is COc1c(SC)cc(Br)nc1F. The van der Waals surface area contributed by atoms with Crippen molar-refractivity contribution in [3.63, 3.8) is 0 Å². The zero-order chi connectivity index (χ0) is 9.14. The van der Waals surface area contributed by atoms with Gasteiger partial charge in [0.2, 0.25) is 0 Å². The smallest absolute Gasteiger partial charge is 0.257 e. The van der Waals surface area contributed by atoms with E-state index < -0.39 is 5.95 Å². The molecule has 0 aliphatic heterocycles. The van der Waals surface area contributed by atoms with Crippen LogP contribution in [0.3, 0.4) is 0 Å². The Bertz CT molecular complexity index is 295. The second kappa shape index (κ2) is 4.09. The molecule has 0 spiro atoms. The van der Waals surface area contributed by atoms with E-state index in [2.05, 4.69) is 20.9 Å². The molecular formula is C7H7BrFNOS. The van der Waals surface area contributed by atoms with E-state index in [-0.39, 0.29) is 5.75 Å². The number of ether oxygens (including phenoxy) is 1. The molecule has 0 saturated heterocycles. The fraction of sp³-hybridized carbons (Fsp3) is 0.286. The van der Waals surface area contributed by atoms with Crippen LogP contribution in [0.2, 0.25) is 0 Å². The summed E-state index contributed by atoms with van der Waals surface area (Å²) >= 11 is 4.51. The van der Waals surface area contributed by atoms with Gasteiger partial charge in [-0.1, -0.05) is 0 Å². The minimum atomic E-state index is -0.587. The number of nitrogens with zero attached hydrogens (tertiary/aromatic N) is 1. The first-order chi connectivity index (χ1) is 5.69. The topological polar surface area (TPSA) is 22.1 Å². The zero-order valence-electron chi connectivity index (χ0n) is 6.60. The normalized spacial score (nSPS) is 10.0. The highest BCUT2D eigenvalue weighted by molar-refractivity contribution is 9.10. The second-order valence-electron chi connectivity index (χ2n) is 1.97. The molecule has 2 nitrogen and oxygen atoms in total. The van der Waals surface area contributed by atoms with Gasteiger partial charge in [0.15, 0.2) is 5.75 Å². The van der Waals surface area contributed by atoms with Gasteiger partial charge in [0.1, 0.15) is 4.60 Å². The van der Waals surface area contributed by atoms with Crippen molar-refractivity contribution in [3.8, 4) is 5.75 Å². The van der Waals surface area contributed by atoms with E-state index >= 15 is 0 Å². The lowest BCUT2D eigenvalue weighted by Gasteiger charge is -2.06. The number of rotatable bonds is 2. The number of pyridine rings is 1. The third-order valence-corrected chi connectivity index (χ3v) is 2.44. The quantitative estimate of drug-likeness (QED) is 0.596. The minimum Gasteiger partial charge on any atom is -0.491 e. The summed E-state index contributed by atoms with van der Waals surface area (Å²) in [6, 6.07) is 1.71. The number of thioether (sulfide) groups is 1. The van der Waals surface area contributed by atoms with E-state index in [0.717, 1.165) is 4.90 Å². The molecule has 0 saturated carbocycles. The van der Waals surface area contributed by atoms with Crippen molar-refractivity contribution >= 4 is 27.7 Å². The van der Waals surface area contributed by atoms with Crippen molar-refractivity contribution in [2.24, 2.45) is 0 Å². The maximum Gasteiger partial charge on any atom is 0.257 e. The maximum atomic E-state index is 13.0. The van der Waals surface area contributed by atoms with Crippen molar-refractivity contribution in [2.75, 3.05) is 13.4 Å². The summed E-state index contributed by atoms with van der Waals surface area (Å²) in [5.74, 6) is -0.387. The maximum absolute atomic E-state index is 13.0. The number of aromatic nitrogens is 1. The van der Waals surface area contributed by atoms with Gasteiger partial charge >= 0.3 is 0 Å². The predicted octanol–water partition coefficient (Wildman–Crippen LogP) is 2.71. The minimum absolute atomic E-state index is 0.200. The van der Waals surface area contributed by atoms with Gasteiger partial charge < -0.3 is 4.74 Å². The summed E-state index contributed by atoms with van der Waals surface area (Å²) < 4.78 is 18.3. The summed E-state index contributed by atoms with van der Waals surface area (Å²) in [5.41, 5.74) is 0. The molecule has 1 rings (SSSR count). The lowest BCUT2D eigenvalue weighted by atomic mass is 10.4. The van der Waals surface area contributed by atoms with Crippen LogP contribution in [0.25, 0.3) is 0 Å². The van der Waals surface area contributed by atoms with Crippen molar-refractivity contribution in [3.05, 3.63) is 16.6 Å². The molecule has 5 heteroatoms. The Morgan fingerprint density at radius 1 is 1.67 bits per heavy atom. The van der Waals surface area contributed by atoms with Gasteiger partial charge in [-0.2, -0.15) is 4.39 Å². The fourth-order valence-electron chi connectivity index (χ4n) is 0.789. The Hall–Kier alpha value is -0.290. The van der Waals surface area contributed by atoms with Crippen LogP contribution in [0.5, 0.6) is 5.75 Å². The monoisotopic (exact) mass is 251 g/mol. The number of halogens is 2. The first-order valence-electron chi connectivity index (χ1n) is 3.13. The fourth-order valence-corrected chi connectivity index (χ4v) is 1.91. The first-order valence-corrected chi connectivity index (χ1v) is 5.15. The lowest BCUT2D eigenvalue weighted by Crippen LogP contribution is -1.94. The summed E-state index contributed by atoms with van der Waals surface area (Å²) in [6.07, 6.45) is 1.85. The van der Waals surface area contributed by atoms with E-state index in [1.807, 2.05) is 6.26 Å². The summed E-state index contributed by atoms with van der Waals surface area (Å²) in [5, 5.41) is 0. The molecule has 0 aliphatic carbocycles. The molecule has 0 bridgehead atoms. The van der Waals surface area contributed by atoms with Crippen LogP contribution in [0.1, 0.15) is 0 Å². The second-order valence-corrected chi connectivity index (χ2v) is 3.63. The van der Waals surface area contributed by atoms with Crippen LogP contribution < -0.4 is 4.74 Å². The molecule has 0 atom stereocenters. The molecule has 66 valence electrons. The standard InChI is InChI=1S/C7H7BrFNOS/c1-11-6-4(12-2)3-5(8)10-7(6)9/h3H,1-2H3. The average Bonchev–Trinajstić information content (AvgIpc) is 2.03. The van der Waals surface area contributed by atoms with Gasteiger partial charge in [-0.3, -0.25) is 0 Å². The Balaban J connectivity index is 3.24. The van der Waals surface area contributed by atoms with Crippen molar-refractivity contribution < 1.29 is 9.13 Å². The molecule has 1 aromatic heterocycles. The van der Waals surface area contributed by atoms with Gasteiger partial charge in [-0.05, 0) is 28.3 Å². The summed E-state index contributed by atoms with van der Waals surface area (Å²) in [6.45, 7) is 0. The van der Waals surface area contributed by atoms with Gasteiger partial charge in [0.25, 0.3) is 5.95 Å². The summed E-state index contributed by atoms with van der Waals surface area (Å²) in [7, 11) is 1.42. The first kappa shape index (κ1) is 9.80. The molecule has 1 aromatic rings. The van der Waals surface area contributed by atoms with Crippen LogP contribution in [-0.4, -0.2) is 18.3 Å². The van der Waals surface area contributed by atoms with Crippen molar-refractivity contribution in [1.82, 2.24) is 4.98 Å². The van der Waals surface area contributed by atoms with Crippen LogP contribution in [0.4, 0.5) is 4.39 Å². The Morgan fingerprint density at radius 2 is 2.33 bits per heavy atom. The lowest BCUT2D eigenvalue weighted by molar-refractivity contribution is 0.366. The molecule has 0 N–H and O–H groups in total. The van der Waals surface area contributed by atoms with E-state index in [1.54, 1.807) is 6.07 Å². The molecule has 0 amide bonds. The molecular weight excluding hydrogens is 245 g/mol. The molecule has 0 aromatic carbocycles. The highest BCUT2D eigenvalue weighted by atomic mass is 79.9. The van der Waals surface area contributed by atoms with Crippen LogP contribution in [0, 0.1) is 5.95 Å². The van der Waals surface area contributed by atoms with Crippen LogP contribution in [0.15, 0.2) is 15.6 Å². The van der Waals surface area contributed by atoms with Crippen molar-refractivity contribution in [1.29, 1.82) is 0 Å². The zero-order valence-corrected chi connectivity index (χ0v) is 9.00. The number of methoxy groups -OCH3 is 1.